The Balaban J connectivity index is 1.06. The van der Waals surface area contributed by atoms with Gasteiger partial charge < -0.3 is 9.80 Å². The normalized spacial score (nSPS) is 12.7. The van der Waals surface area contributed by atoms with Gasteiger partial charge in [-0.1, -0.05) is 153 Å². The van der Waals surface area contributed by atoms with Crippen molar-refractivity contribution >= 4 is 55.7 Å². The molecule has 262 valence electrons. The Kier molecular flexibility index (Phi) is 7.85. The molecule has 9 aromatic rings. The predicted molar refractivity (Wildman–Crippen MR) is 234 cm³/mol. The lowest BCUT2D eigenvalue weighted by Gasteiger charge is -2.29. The quantitative estimate of drug-likeness (QED) is 0.163. The fourth-order valence-corrected chi connectivity index (χ4v) is 8.69. The number of nitrogens with zero attached hydrogens (tertiary/aromatic N) is 2. The number of benzene rings is 9. The number of anilines is 6. The standard InChI is InChI=1S/C53H40N2/c1-53(2)50-35-43(54(40-19-5-3-6-20-40)42-29-27-39(28-30-42)46-25-13-17-37-15-9-11-23-45(37)46)31-33-48(50)49-34-32-44(36-51(49)53)55(41-21-7-4-8-22-41)52-26-14-18-38-16-10-12-24-47(38)52/h3-36H,1-2H3. The average Bonchev–Trinajstić information content (AvgIpc) is 3.47. The van der Waals surface area contributed by atoms with Gasteiger partial charge in [-0.25, -0.2) is 0 Å². The summed E-state index contributed by atoms with van der Waals surface area (Å²) in [5.41, 5.74) is 14.4. The van der Waals surface area contributed by atoms with E-state index in [2.05, 4.69) is 230 Å². The molecule has 0 spiro atoms. The third kappa shape index (κ3) is 5.57. The molecule has 0 aromatic heterocycles. The molecule has 0 radical (unpaired) electrons. The topological polar surface area (TPSA) is 6.48 Å². The Labute approximate surface area is 323 Å². The molecule has 0 heterocycles. The van der Waals surface area contributed by atoms with Gasteiger partial charge in [-0.15, -0.1) is 0 Å². The molecule has 1 aliphatic carbocycles. The SMILES string of the molecule is CC1(C)c2cc(N(c3ccccc3)c3ccc(-c4cccc5ccccc45)cc3)ccc2-c2ccc(N(c3ccccc3)c3cccc4ccccc34)cc21. The predicted octanol–water partition coefficient (Wildman–Crippen LogP) is 14.9. The maximum Gasteiger partial charge on any atom is 0.0540 e. The van der Waals surface area contributed by atoms with E-state index >= 15 is 0 Å². The number of fused-ring (bicyclic) bond motifs is 5. The molecule has 9 aromatic carbocycles. The zero-order chi connectivity index (χ0) is 36.9. The molecule has 2 nitrogen and oxygen atoms in total. The molecule has 0 saturated heterocycles. The van der Waals surface area contributed by atoms with Crippen molar-refractivity contribution in [3.8, 4) is 22.3 Å². The van der Waals surface area contributed by atoms with Crippen LogP contribution in [-0.4, -0.2) is 0 Å². The van der Waals surface area contributed by atoms with Gasteiger partial charge >= 0.3 is 0 Å². The van der Waals surface area contributed by atoms with Crippen LogP contribution in [0.3, 0.4) is 0 Å². The van der Waals surface area contributed by atoms with Gasteiger partial charge in [-0.05, 0) is 116 Å². The van der Waals surface area contributed by atoms with Crippen LogP contribution in [0.1, 0.15) is 25.0 Å². The molecular weight excluding hydrogens is 665 g/mol. The number of para-hydroxylation sites is 2. The van der Waals surface area contributed by atoms with Gasteiger partial charge in [0.1, 0.15) is 0 Å². The summed E-state index contributed by atoms with van der Waals surface area (Å²) in [6, 6.07) is 75.0. The molecule has 0 aliphatic heterocycles. The van der Waals surface area contributed by atoms with Gasteiger partial charge in [-0.3, -0.25) is 0 Å². The van der Waals surface area contributed by atoms with Crippen LogP contribution in [0.5, 0.6) is 0 Å². The first kappa shape index (κ1) is 32.7. The highest BCUT2D eigenvalue weighted by Crippen LogP contribution is 2.53. The lowest BCUT2D eigenvalue weighted by atomic mass is 9.82. The van der Waals surface area contributed by atoms with E-state index in [9.17, 15) is 0 Å². The summed E-state index contributed by atoms with van der Waals surface area (Å²) in [5.74, 6) is 0. The van der Waals surface area contributed by atoms with Crippen molar-refractivity contribution in [1.82, 2.24) is 0 Å². The van der Waals surface area contributed by atoms with Crippen molar-refractivity contribution in [3.05, 3.63) is 217 Å². The molecule has 0 amide bonds. The largest absolute Gasteiger partial charge is 0.310 e. The summed E-state index contributed by atoms with van der Waals surface area (Å²) in [6.45, 7) is 4.75. The van der Waals surface area contributed by atoms with Crippen molar-refractivity contribution in [1.29, 1.82) is 0 Å². The average molecular weight is 705 g/mol. The van der Waals surface area contributed by atoms with E-state index in [0.717, 1.165) is 28.4 Å². The van der Waals surface area contributed by atoms with E-state index in [1.165, 1.54) is 60.6 Å². The Morgan fingerprint density at radius 2 is 0.782 bits per heavy atom. The van der Waals surface area contributed by atoms with Crippen LogP contribution in [-0.2, 0) is 5.41 Å². The van der Waals surface area contributed by atoms with Crippen LogP contribution in [0.15, 0.2) is 206 Å². The second-order valence-electron chi connectivity index (χ2n) is 15.0. The molecular formula is C53H40N2. The highest BCUT2D eigenvalue weighted by atomic mass is 15.1. The zero-order valence-electron chi connectivity index (χ0n) is 31.0. The van der Waals surface area contributed by atoms with Crippen LogP contribution in [0.4, 0.5) is 34.1 Å². The van der Waals surface area contributed by atoms with Crippen molar-refractivity contribution in [2.45, 2.75) is 19.3 Å². The Morgan fingerprint density at radius 3 is 1.42 bits per heavy atom. The summed E-state index contributed by atoms with van der Waals surface area (Å²) >= 11 is 0. The van der Waals surface area contributed by atoms with Gasteiger partial charge in [0.25, 0.3) is 0 Å². The second kappa shape index (κ2) is 13.2. The van der Waals surface area contributed by atoms with Gasteiger partial charge in [0.2, 0.25) is 0 Å². The molecule has 1 aliphatic rings. The fourth-order valence-electron chi connectivity index (χ4n) is 8.69. The Hall–Kier alpha value is -6.90. The summed E-state index contributed by atoms with van der Waals surface area (Å²) in [7, 11) is 0. The minimum absolute atomic E-state index is 0.224. The van der Waals surface area contributed by atoms with Gasteiger partial charge in [0.15, 0.2) is 0 Å². The third-order valence-electron chi connectivity index (χ3n) is 11.4. The maximum absolute atomic E-state index is 2.42. The highest BCUT2D eigenvalue weighted by molar-refractivity contribution is 6.00. The monoisotopic (exact) mass is 704 g/mol. The smallest absolute Gasteiger partial charge is 0.0540 e. The molecule has 55 heavy (non-hydrogen) atoms. The van der Waals surface area contributed by atoms with E-state index in [1.54, 1.807) is 0 Å². The molecule has 0 unspecified atom stereocenters. The van der Waals surface area contributed by atoms with Crippen molar-refractivity contribution in [2.24, 2.45) is 0 Å². The maximum atomic E-state index is 2.42. The third-order valence-corrected chi connectivity index (χ3v) is 11.4. The minimum atomic E-state index is -0.224. The van der Waals surface area contributed by atoms with E-state index in [1.807, 2.05) is 0 Å². The molecule has 0 saturated carbocycles. The summed E-state index contributed by atoms with van der Waals surface area (Å²) in [4.78, 5) is 4.79. The van der Waals surface area contributed by atoms with Crippen molar-refractivity contribution in [3.63, 3.8) is 0 Å². The number of hydrogen-bond donors (Lipinski definition) is 0. The van der Waals surface area contributed by atoms with Gasteiger partial charge in [-0.2, -0.15) is 0 Å². The lowest BCUT2D eigenvalue weighted by molar-refractivity contribution is 0.660. The number of rotatable bonds is 7. The summed E-state index contributed by atoms with van der Waals surface area (Å²) in [5, 5.41) is 4.98. The minimum Gasteiger partial charge on any atom is -0.310 e. The summed E-state index contributed by atoms with van der Waals surface area (Å²) in [6.07, 6.45) is 0. The Bertz CT molecular complexity index is 2830. The van der Waals surface area contributed by atoms with Crippen LogP contribution in [0.25, 0.3) is 43.8 Å². The van der Waals surface area contributed by atoms with Crippen LogP contribution < -0.4 is 9.80 Å². The van der Waals surface area contributed by atoms with Gasteiger partial charge in [0.05, 0.1) is 5.69 Å². The number of hydrogen-bond acceptors (Lipinski definition) is 2. The van der Waals surface area contributed by atoms with E-state index in [-0.39, 0.29) is 5.41 Å². The molecule has 0 bridgehead atoms. The molecule has 0 N–H and O–H groups in total. The van der Waals surface area contributed by atoms with Crippen molar-refractivity contribution < 1.29 is 0 Å². The zero-order valence-corrected chi connectivity index (χ0v) is 31.0. The first-order valence-corrected chi connectivity index (χ1v) is 19.1. The molecule has 10 rings (SSSR count). The van der Waals surface area contributed by atoms with Crippen LogP contribution in [0.2, 0.25) is 0 Å². The van der Waals surface area contributed by atoms with Crippen LogP contribution >= 0.6 is 0 Å². The highest BCUT2D eigenvalue weighted by Gasteiger charge is 2.37. The molecule has 0 fully saturated rings. The first-order chi connectivity index (χ1) is 27.0. The second-order valence-corrected chi connectivity index (χ2v) is 15.0. The Morgan fingerprint density at radius 1 is 0.327 bits per heavy atom. The van der Waals surface area contributed by atoms with Crippen LogP contribution in [0, 0.1) is 0 Å². The summed E-state index contributed by atoms with van der Waals surface area (Å²) < 4.78 is 0. The first-order valence-electron chi connectivity index (χ1n) is 19.1. The fraction of sp³-hybridized carbons (Fsp3) is 0.0566. The van der Waals surface area contributed by atoms with E-state index in [0.29, 0.717) is 0 Å². The van der Waals surface area contributed by atoms with Gasteiger partial charge in [0, 0.05) is 39.2 Å². The molecule has 2 heteroatoms. The lowest BCUT2D eigenvalue weighted by Crippen LogP contribution is -2.17. The van der Waals surface area contributed by atoms with E-state index in [4.69, 9.17) is 0 Å². The molecule has 0 atom stereocenters. The van der Waals surface area contributed by atoms with E-state index < -0.39 is 0 Å². The van der Waals surface area contributed by atoms with Crippen molar-refractivity contribution in [2.75, 3.05) is 9.80 Å².